The number of halogens is 1. The molecule has 4 heterocycles. The molecule has 0 unspecified atom stereocenters. The van der Waals surface area contributed by atoms with Gasteiger partial charge in [-0.25, -0.2) is 9.37 Å². The van der Waals surface area contributed by atoms with Gasteiger partial charge in [0.2, 0.25) is 0 Å². The maximum atomic E-state index is 14.0. The fourth-order valence-electron chi connectivity index (χ4n) is 5.32. The van der Waals surface area contributed by atoms with Crippen LogP contribution in [0.25, 0.3) is 0 Å². The van der Waals surface area contributed by atoms with Gasteiger partial charge < -0.3 is 4.74 Å². The lowest BCUT2D eigenvalue weighted by atomic mass is 9.83. The first kappa shape index (κ1) is 22.2. The lowest BCUT2D eigenvalue weighted by Gasteiger charge is -2.47. The van der Waals surface area contributed by atoms with E-state index in [4.69, 9.17) is 4.74 Å². The standard InChI is InChI=1S/C22H29FN4O3S2/c1-16-10-22(14-25(2)32(28,29)27(22)19-5-3-4-18(23)9-19)6-7-26(16)11-21-20(24-15-31-21)8-17-12-30-13-17/h3-5,9,15-17H,6-8,10-14H2,1-2H3/t16-,22+/m0/s1. The summed E-state index contributed by atoms with van der Waals surface area (Å²) in [6.45, 7) is 5.82. The molecule has 5 rings (SSSR count). The number of likely N-dealkylation sites (tertiary alicyclic amines) is 1. The summed E-state index contributed by atoms with van der Waals surface area (Å²) < 4.78 is 48.6. The summed E-state index contributed by atoms with van der Waals surface area (Å²) in [6, 6.07) is 6.11. The predicted molar refractivity (Wildman–Crippen MR) is 122 cm³/mol. The summed E-state index contributed by atoms with van der Waals surface area (Å²) in [5.41, 5.74) is 2.92. The molecule has 0 radical (unpaired) electrons. The van der Waals surface area contributed by atoms with Crippen LogP contribution in [0.4, 0.5) is 10.1 Å². The molecule has 1 aromatic carbocycles. The molecule has 0 amide bonds. The van der Waals surface area contributed by atoms with Gasteiger partial charge in [0.25, 0.3) is 0 Å². The van der Waals surface area contributed by atoms with Gasteiger partial charge in [-0.1, -0.05) is 6.07 Å². The topological polar surface area (TPSA) is 66.0 Å². The highest BCUT2D eigenvalue weighted by Crippen LogP contribution is 2.44. The van der Waals surface area contributed by atoms with E-state index in [1.165, 1.54) is 31.3 Å². The molecular formula is C22H29FN4O3S2. The Morgan fingerprint density at radius 1 is 1.34 bits per heavy atom. The van der Waals surface area contributed by atoms with E-state index in [0.29, 0.717) is 31.0 Å². The molecular weight excluding hydrogens is 451 g/mol. The van der Waals surface area contributed by atoms with Crippen LogP contribution in [0.2, 0.25) is 0 Å². The monoisotopic (exact) mass is 480 g/mol. The summed E-state index contributed by atoms with van der Waals surface area (Å²) in [5.74, 6) is 0.138. The molecule has 3 aliphatic heterocycles. The van der Waals surface area contributed by atoms with Crippen LogP contribution in [-0.2, 0) is 27.9 Å². The van der Waals surface area contributed by atoms with Crippen LogP contribution < -0.4 is 4.31 Å². The minimum Gasteiger partial charge on any atom is -0.381 e. The SMILES string of the molecule is C[C@H]1C[C@]2(CCN1Cc1scnc1CC1COC1)CN(C)S(=O)(=O)N2c1cccc(F)c1. The molecule has 2 aromatic rings. The van der Waals surface area contributed by atoms with Gasteiger partial charge in [-0.05, 0) is 44.4 Å². The average molecular weight is 481 g/mol. The van der Waals surface area contributed by atoms with Crippen LogP contribution in [0.5, 0.6) is 0 Å². The van der Waals surface area contributed by atoms with Crippen molar-refractivity contribution in [1.82, 2.24) is 14.2 Å². The van der Waals surface area contributed by atoms with Crippen molar-refractivity contribution in [2.45, 2.75) is 44.3 Å². The molecule has 3 aliphatic rings. The first-order valence-corrected chi connectivity index (χ1v) is 13.3. The fourth-order valence-corrected chi connectivity index (χ4v) is 7.91. The third-order valence-corrected chi connectivity index (χ3v) is 9.88. The first-order chi connectivity index (χ1) is 15.3. The van der Waals surface area contributed by atoms with Crippen LogP contribution >= 0.6 is 11.3 Å². The third-order valence-electron chi connectivity index (χ3n) is 7.04. The van der Waals surface area contributed by atoms with Gasteiger partial charge in [0, 0.05) is 43.5 Å². The van der Waals surface area contributed by atoms with Gasteiger partial charge in [0.05, 0.1) is 35.6 Å². The number of thiazole rings is 1. The third kappa shape index (κ3) is 3.86. The van der Waals surface area contributed by atoms with Crippen LogP contribution in [0, 0.1) is 11.7 Å². The number of benzene rings is 1. The number of likely N-dealkylation sites (N-methyl/N-ethyl adjacent to an activating group) is 1. The molecule has 3 fully saturated rings. The molecule has 3 saturated heterocycles. The van der Waals surface area contributed by atoms with E-state index in [-0.39, 0.29) is 6.04 Å². The van der Waals surface area contributed by atoms with Gasteiger partial charge in [-0.15, -0.1) is 11.3 Å². The summed E-state index contributed by atoms with van der Waals surface area (Å²) in [6.07, 6.45) is 2.35. The lowest BCUT2D eigenvalue weighted by molar-refractivity contribution is -0.0317. The van der Waals surface area contributed by atoms with Gasteiger partial charge >= 0.3 is 10.2 Å². The second kappa shape index (κ2) is 8.32. The Morgan fingerprint density at radius 3 is 2.84 bits per heavy atom. The summed E-state index contributed by atoms with van der Waals surface area (Å²) in [7, 11) is -2.08. The second-order valence-electron chi connectivity index (χ2n) is 9.34. The van der Waals surface area contributed by atoms with Crippen LogP contribution in [0.1, 0.15) is 30.3 Å². The van der Waals surface area contributed by atoms with E-state index in [0.717, 1.165) is 32.7 Å². The number of rotatable bonds is 5. The van der Waals surface area contributed by atoms with Gasteiger partial charge in [0.15, 0.2) is 0 Å². The number of anilines is 1. The van der Waals surface area contributed by atoms with Crippen molar-refractivity contribution in [1.29, 1.82) is 0 Å². The molecule has 10 heteroatoms. The van der Waals surface area contributed by atoms with Crippen LogP contribution in [0.3, 0.4) is 0 Å². The Bertz CT molecular complexity index is 1090. The van der Waals surface area contributed by atoms with Crippen molar-refractivity contribution in [3.8, 4) is 0 Å². The molecule has 0 bridgehead atoms. The van der Waals surface area contributed by atoms with Crippen LogP contribution in [0.15, 0.2) is 29.8 Å². The smallest absolute Gasteiger partial charge is 0.304 e. The molecule has 2 atom stereocenters. The quantitative estimate of drug-likeness (QED) is 0.659. The van der Waals surface area contributed by atoms with Gasteiger partial charge in [-0.2, -0.15) is 12.7 Å². The minimum atomic E-state index is -3.69. The number of hydrogen-bond acceptors (Lipinski definition) is 6. The molecule has 32 heavy (non-hydrogen) atoms. The molecule has 1 spiro atoms. The number of piperidine rings is 1. The first-order valence-electron chi connectivity index (χ1n) is 11.0. The van der Waals surface area contributed by atoms with Crippen molar-refractivity contribution >= 4 is 27.2 Å². The largest absolute Gasteiger partial charge is 0.381 e. The number of nitrogens with zero attached hydrogens (tertiary/aromatic N) is 4. The molecule has 0 aliphatic carbocycles. The molecule has 174 valence electrons. The molecule has 0 N–H and O–H groups in total. The van der Waals surface area contributed by atoms with E-state index in [1.54, 1.807) is 30.5 Å². The molecule has 1 aromatic heterocycles. The average Bonchev–Trinajstić information content (AvgIpc) is 3.20. The zero-order chi connectivity index (χ0) is 22.5. The molecule has 7 nitrogen and oxygen atoms in total. The van der Waals surface area contributed by atoms with E-state index < -0.39 is 21.6 Å². The zero-order valence-corrected chi connectivity index (χ0v) is 20.0. The Kier molecular flexibility index (Phi) is 5.78. The highest BCUT2D eigenvalue weighted by molar-refractivity contribution is 7.90. The lowest BCUT2D eigenvalue weighted by Crippen LogP contribution is -2.57. The maximum Gasteiger partial charge on any atom is 0.304 e. The Labute approximate surface area is 193 Å². The fraction of sp³-hybridized carbons (Fsp3) is 0.591. The Balaban J connectivity index is 1.36. The van der Waals surface area contributed by atoms with E-state index >= 15 is 0 Å². The number of aromatic nitrogens is 1. The van der Waals surface area contributed by atoms with E-state index in [9.17, 15) is 12.8 Å². The van der Waals surface area contributed by atoms with Gasteiger partial charge in [0.1, 0.15) is 5.82 Å². The summed E-state index contributed by atoms with van der Waals surface area (Å²) in [4.78, 5) is 8.31. The number of ether oxygens (including phenoxy) is 1. The van der Waals surface area contributed by atoms with Crippen molar-refractivity contribution in [2.24, 2.45) is 5.92 Å². The zero-order valence-electron chi connectivity index (χ0n) is 18.4. The number of hydrogen-bond donors (Lipinski definition) is 0. The second-order valence-corrected chi connectivity index (χ2v) is 12.2. The van der Waals surface area contributed by atoms with E-state index in [2.05, 4.69) is 16.8 Å². The highest BCUT2D eigenvalue weighted by atomic mass is 32.2. The highest BCUT2D eigenvalue weighted by Gasteiger charge is 2.55. The Hall–Kier alpha value is -1.59. The predicted octanol–water partition coefficient (Wildman–Crippen LogP) is 2.89. The van der Waals surface area contributed by atoms with Crippen molar-refractivity contribution in [2.75, 3.05) is 37.7 Å². The van der Waals surface area contributed by atoms with Crippen molar-refractivity contribution in [3.63, 3.8) is 0 Å². The van der Waals surface area contributed by atoms with Crippen LogP contribution in [-0.4, -0.2) is 67.5 Å². The van der Waals surface area contributed by atoms with E-state index in [1.807, 2.05) is 5.51 Å². The summed E-state index contributed by atoms with van der Waals surface area (Å²) >= 11 is 1.69. The van der Waals surface area contributed by atoms with Gasteiger partial charge in [-0.3, -0.25) is 9.21 Å². The maximum absolute atomic E-state index is 14.0. The summed E-state index contributed by atoms with van der Waals surface area (Å²) in [5, 5.41) is 0. The Morgan fingerprint density at radius 2 is 2.16 bits per heavy atom. The van der Waals surface area contributed by atoms with Crippen molar-refractivity contribution in [3.05, 3.63) is 46.2 Å². The van der Waals surface area contributed by atoms with Crippen molar-refractivity contribution < 1.29 is 17.5 Å². The minimum absolute atomic E-state index is 0.184. The normalized spacial score (nSPS) is 29.0. The molecule has 0 saturated carbocycles.